The second kappa shape index (κ2) is 3.14. The molecule has 0 spiro atoms. The zero-order valence-corrected chi connectivity index (χ0v) is 7.41. The third kappa shape index (κ3) is 1.16. The van der Waals surface area contributed by atoms with Gasteiger partial charge >= 0.3 is 5.97 Å². The second-order valence-corrected chi connectivity index (χ2v) is 2.75. The third-order valence-corrected chi connectivity index (χ3v) is 1.97. The van der Waals surface area contributed by atoms with Crippen molar-refractivity contribution in [3.8, 4) is 0 Å². The van der Waals surface area contributed by atoms with E-state index in [1.807, 2.05) is 0 Å². The molecule has 4 heteroatoms. The fourth-order valence-corrected chi connectivity index (χ4v) is 1.32. The van der Waals surface area contributed by atoms with Crippen molar-refractivity contribution in [2.45, 2.75) is 0 Å². The number of fused-ring (bicyclic) bond motifs is 1. The van der Waals surface area contributed by atoms with E-state index in [9.17, 15) is 9.18 Å². The van der Waals surface area contributed by atoms with Crippen LogP contribution in [0.15, 0.2) is 28.9 Å². The second-order valence-electron chi connectivity index (χ2n) is 2.75. The Morgan fingerprint density at radius 3 is 2.93 bits per heavy atom. The largest absolute Gasteiger partial charge is 0.465 e. The van der Waals surface area contributed by atoms with Crippen LogP contribution in [0, 0.1) is 5.82 Å². The smallest absolute Gasteiger partial charge is 0.338 e. The third-order valence-electron chi connectivity index (χ3n) is 1.97. The number of ether oxygens (including phenoxy) is 1. The first-order valence-corrected chi connectivity index (χ1v) is 3.98. The van der Waals surface area contributed by atoms with E-state index in [1.54, 1.807) is 0 Å². The van der Waals surface area contributed by atoms with Gasteiger partial charge in [0.25, 0.3) is 0 Å². The summed E-state index contributed by atoms with van der Waals surface area (Å²) in [5.41, 5.74) is 0.380. The van der Waals surface area contributed by atoms with Crippen molar-refractivity contribution >= 4 is 16.9 Å². The molecule has 3 nitrogen and oxygen atoms in total. The molecule has 0 aliphatic heterocycles. The first kappa shape index (κ1) is 8.74. The van der Waals surface area contributed by atoms with Crippen molar-refractivity contribution in [1.82, 2.24) is 0 Å². The Kier molecular flexibility index (Phi) is 1.96. The highest BCUT2D eigenvalue weighted by Gasteiger charge is 2.14. The minimum Gasteiger partial charge on any atom is -0.465 e. The first-order chi connectivity index (χ1) is 6.74. The Bertz CT molecular complexity index is 487. The van der Waals surface area contributed by atoms with E-state index in [0.717, 1.165) is 0 Å². The summed E-state index contributed by atoms with van der Waals surface area (Å²) in [6.45, 7) is 0. The van der Waals surface area contributed by atoms with Gasteiger partial charge < -0.3 is 9.15 Å². The monoisotopic (exact) mass is 194 g/mol. The van der Waals surface area contributed by atoms with E-state index in [4.69, 9.17) is 4.42 Å². The van der Waals surface area contributed by atoms with Crippen molar-refractivity contribution in [2.75, 3.05) is 7.11 Å². The number of carbonyl (C=O) groups is 1. The number of carbonyl (C=O) groups excluding carboxylic acids is 1. The number of benzene rings is 1. The highest BCUT2D eigenvalue weighted by molar-refractivity contribution is 6.03. The van der Waals surface area contributed by atoms with Gasteiger partial charge in [0.05, 0.1) is 18.9 Å². The van der Waals surface area contributed by atoms with Crippen molar-refractivity contribution in [3.05, 3.63) is 35.8 Å². The lowest BCUT2D eigenvalue weighted by Crippen LogP contribution is -2.01. The Morgan fingerprint density at radius 1 is 1.43 bits per heavy atom. The van der Waals surface area contributed by atoms with Crippen molar-refractivity contribution in [2.24, 2.45) is 0 Å². The van der Waals surface area contributed by atoms with Gasteiger partial charge in [-0.1, -0.05) is 0 Å². The van der Waals surface area contributed by atoms with Gasteiger partial charge in [-0.3, -0.25) is 0 Å². The molecule has 2 rings (SSSR count). The summed E-state index contributed by atoms with van der Waals surface area (Å²) in [4.78, 5) is 11.3. The van der Waals surface area contributed by atoms with Gasteiger partial charge in [0.2, 0.25) is 0 Å². The molecule has 14 heavy (non-hydrogen) atoms. The van der Waals surface area contributed by atoms with Crippen LogP contribution in [0.25, 0.3) is 11.0 Å². The van der Waals surface area contributed by atoms with Crippen molar-refractivity contribution in [3.63, 3.8) is 0 Å². The molecule has 0 bridgehead atoms. The Morgan fingerprint density at radius 2 is 2.21 bits per heavy atom. The highest BCUT2D eigenvalue weighted by Crippen LogP contribution is 2.23. The molecule has 0 radical (unpaired) electrons. The summed E-state index contributed by atoms with van der Waals surface area (Å²) in [6, 6.07) is 4.09. The predicted octanol–water partition coefficient (Wildman–Crippen LogP) is 2.36. The highest BCUT2D eigenvalue weighted by atomic mass is 19.1. The van der Waals surface area contributed by atoms with Crippen molar-refractivity contribution in [1.29, 1.82) is 0 Å². The summed E-state index contributed by atoms with van der Waals surface area (Å²) in [5, 5.41) is 0.428. The molecule has 1 aromatic heterocycles. The molecule has 0 aliphatic rings. The van der Waals surface area contributed by atoms with Gasteiger partial charge in [-0.25, -0.2) is 9.18 Å². The molecule has 72 valence electrons. The molecular formula is C10H7FO3. The molecular weight excluding hydrogens is 187 g/mol. The predicted molar refractivity (Wildman–Crippen MR) is 47.5 cm³/mol. The summed E-state index contributed by atoms with van der Waals surface area (Å²) < 4.78 is 22.6. The molecule has 0 saturated heterocycles. The Labute approximate surface area is 79.1 Å². The molecule has 0 amide bonds. The van der Waals surface area contributed by atoms with E-state index < -0.39 is 11.8 Å². The number of methoxy groups -OCH3 is 1. The van der Waals surface area contributed by atoms with Gasteiger partial charge in [0.1, 0.15) is 0 Å². The van der Waals surface area contributed by atoms with Crippen LogP contribution in [0.4, 0.5) is 4.39 Å². The lowest BCUT2D eigenvalue weighted by molar-refractivity contribution is 0.0603. The van der Waals surface area contributed by atoms with E-state index in [-0.39, 0.29) is 5.58 Å². The summed E-state index contributed by atoms with van der Waals surface area (Å²) in [7, 11) is 1.28. The zero-order chi connectivity index (χ0) is 10.1. The van der Waals surface area contributed by atoms with E-state index in [1.165, 1.54) is 31.6 Å². The number of hydrogen-bond donors (Lipinski definition) is 0. The maximum Gasteiger partial charge on any atom is 0.338 e. The fraction of sp³-hybridized carbons (Fsp3) is 0.100. The minimum atomic E-state index is -0.503. The topological polar surface area (TPSA) is 39.4 Å². The molecule has 0 aliphatic carbocycles. The Hall–Kier alpha value is -1.84. The molecule has 0 N–H and O–H groups in total. The van der Waals surface area contributed by atoms with Gasteiger partial charge in [-0.15, -0.1) is 0 Å². The number of furan rings is 1. The first-order valence-electron chi connectivity index (χ1n) is 3.98. The summed E-state index contributed by atoms with van der Waals surface area (Å²) in [5.74, 6) is -0.992. The van der Waals surface area contributed by atoms with Crippen LogP contribution in [0.3, 0.4) is 0 Å². The maximum absolute atomic E-state index is 13.1. The van der Waals surface area contributed by atoms with E-state index in [2.05, 4.69) is 4.74 Å². The lowest BCUT2D eigenvalue weighted by Gasteiger charge is -2.00. The molecule has 1 aromatic carbocycles. The van der Waals surface area contributed by atoms with Gasteiger partial charge in [-0.05, 0) is 18.2 Å². The fourth-order valence-electron chi connectivity index (χ4n) is 1.32. The zero-order valence-electron chi connectivity index (χ0n) is 7.41. The van der Waals surface area contributed by atoms with Gasteiger partial charge in [0.15, 0.2) is 11.4 Å². The standard InChI is InChI=1S/C10H7FO3/c1-13-10(12)7-2-3-8(11)9-6(7)4-5-14-9/h2-5H,1H3. The maximum atomic E-state index is 13.1. The van der Waals surface area contributed by atoms with Crippen molar-refractivity contribution < 1.29 is 18.3 Å². The number of halogens is 1. The van der Waals surface area contributed by atoms with Crippen LogP contribution in [-0.2, 0) is 4.74 Å². The van der Waals surface area contributed by atoms with Gasteiger partial charge in [-0.2, -0.15) is 0 Å². The number of hydrogen-bond acceptors (Lipinski definition) is 3. The van der Waals surface area contributed by atoms with E-state index >= 15 is 0 Å². The quantitative estimate of drug-likeness (QED) is 0.654. The van der Waals surface area contributed by atoms with Crippen LogP contribution in [0.2, 0.25) is 0 Å². The molecule has 1 heterocycles. The van der Waals surface area contributed by atoms with Crippen LogP contribution in [0.5, 0.6) is 0 Å². The average molecular weight is 194 g/mol. The number of rotatable bonds is 1. The molecule has 0 atom stereocenters. The molecule has 0 saturated carbocycles. The van der Waals surface area contributed by atoms with E-state index in [0.29, 0.717) is 10.9 Å². The van der Waals surface area contributed by atoms with Crippen LogP contribution in [-0.4, -0.2) is 13.1 Å². The normalized spacial score (nSPS) is 10.4. The molecule has 2 aromatic rings. The van der Waals surface area contributed by atoms with Crippen LogP contribution in [0.1, 0.15) is 10.4 Å². The summed E-state index contributed by atoms with van der Waals surface area (Å²) >= 11 is 0. The molecule has 0 fully saturated rings. The van der Waals surface area contributed by atoms with Crippen LogP contribution >= 0.6 is 0 Å². The molecule has 0 unspecified atom stereocenters. The van der Waals surface area contributed by atoms with Gasteiger partial charge in [0, 0.05) is 5.39 Å². The average Bonchev–Trinajstić information content (AvgIpc) is 2.67. The SMILES string of the molecule is COC(=O)c1ccc(F)c2occc12. The summed E-state index contributed by atoms with van der Waals surface area (Å²) in [6.07, 6.45) is 1.33. The Balaban J connectivity index is 2.72. The van der Waals surface area contributed by atoms with Crippen LogP contribution < -0.4 is 0 Å². The minimum absolute atomic E-state index is 0.0768. The number of esters is 1. The lowest BCUT2D eigenvalue weighted by atomic mass is 10.1.